The molecule has 2 aromatic carbocycles. The number of amidine groups is 1. The van der Waals surface area contributed by atoms with Gasteiger partial charge in [0.1, 0.15) is 5.75 Å². The molecule has 1 N–H and O–H groups in total. The van der Waals surface area contributed by atoms with E-state index in [1.807, 2.05) is 22.1 Å². The number of methoxy groups -OCH3 is 1. The van der Waals surface area contributed by atoms with Crippen molar-refractivity contribution in [3.8, 4) is 5.75 Å². The number of fused-ring (bicyclic) bond motifs is 1. The predicted octanol–water partition coefficient (Wildman–Crippen LogP) is 5.11. The van der Waals surface area contributed by atoms with E-state index >= 15 is 0 Å². The van der Waals surface area contributed by atoms with Gasteiger partial charge in [-0.1, -0.05) is 49.9 Å². The average molecular weight is 588 g/mol. The highest BCUT2D eigenvalue weighted by atomic mass is 32.2. The van der Waals surface area contributed by atoms with Crippen molar-refractivity contribution in [2.24, 2.45) is 4.99 Å². The number of carbonyl (C=O) groups is 3. The van der Waals surface area contributed by atoms with Gasteiger partial charge in [-0.25, -0.2) is 4.99 Å². The van der Waals surface area contributed by atoms with Gasteiger partial charge in [0.05, 0.1) is 30.8 Å². The third-order valence-electron chi connectivity index (χ3n) is 7.92. The molecule has 220 valence electrons. The van der Waals surface area contributed by atoms with Crippen LogP contribution in [0.25, 0.3) is 0 Å². The molecule has 3 amide bonds. The number of thioether (sulfide) groups is 1. The molecule has 0 aliphatic carbocycles. The fraction of sp³-hybridized carbons (Fsp3) is 0.375. The van der Waals surface area contributed by atoms with Crippen LogP contribution >= 0.6 is 11.8 Å². The number of piperazine rings is 1. The van der Waals surface area contributed by atoms with Crippen LogP contribution in [0, 0.1) is 0 Å². The van der Waals surface area contributed by atoms with E-state index in [4.69, 9.17) is 9.73 Å². The molecule has 2 aromatic rings. The van der Waals surface area contributed by atoms with Gasteiger partial charge in [-0.2, -0.15) is 0 Å². The SMILES string of the molecule is COc1ccc(NC(=O)C2=C(C)N=C3SC=C(CC(=O)N4CCN(C(C)=O)CC4)N3C2c2ccc(C(C)C)cc2)cc1. The predicted molar refractivity (Wildman–Crippen MR) is 166 cm³/mol. The number of amides is 3. The van der Waals surface area contributed by atoms with Gasteiger partial charge < -0.3 is 24.8 Å². The lowest BCUT2D eigenvalue weighted by Gasteiger charge is -2.38. The van der Waals surface area contributed by atoms with E-state index in [-0.39, 0.29) is 24.1 Å². The van der Waals surface area contributed by atoms with Crippen LogP contribution in [0.3, 0.4) is 0 Å². The summed E-state index contributed by atoms with van der Waals surface area (Å²) in [6.07, 6.45) is 0.180. The minimum Gasteiger partial charge on any atom is -0.497 e. The Morgan fingerprint density at radius 1 is 1.00 bits per heavy atom. The molecule has 1 fully saturated rings. The van der Waals surface area contributed by atoms with E-state index in [2.05, 4.69) is 43.4 Å². The second kappa shape index (κ2) is 12.4. The summed E-state index contributed by atoms with van der Waals surface area (Å²) in [5.41, 5.74) is 4.78. The summed E-state index contributed by atoms with van der Waals surface area (Å²) < 4.78 is 5.26. The highest BCUT2D eigenvalue weighted by Gasteiger charge is 2.41. The van der Waals surface area contributed by atoms with Gasteiger partial charge in [-0.15, -0.1) is 0 Å². The number of rotatable bonds is 7. The standard InChI is InChI=1S/C32H37N5O4S/c1-20(2)23-6-8-24(9-7-23)30-29(31(40)34-25-10-12-27(41-5)13-11-25)21(3)33-32-37(30)26(19-42-32)18-28(39)36-16-14-35(15-17-36)22(4)38/h6-13,19-20,30H,14-18H2,1-5H3,(H,34,40). The van der Waals surface area contributed by atoms with Gasteiger partial charge in [0.2, 0.25) is 11.8 Å². The van der Waals surface area contributed by atoms with Crippen molar-refractivity contribution in [3.63, 3.8) is 0 Å². The van der Waals surface area contributed by atoms with Gasteiger partial charge >= 0.3 is 0 Å². The molecule has 3 aliphatic rings. The monoisotopic (exact) mass is 587 g/mol. The number of nitrogens with zero attached hydrogens (tertiary/aromatic N) is 4. The second-order valence-corrected chi connectivity index (χ2v) is 11.8. The minimum absolute atomic E-state index is 0.00397. The third-order valence-corrected chi connectivity index (χ3v) is 8.81. The molecule has 0 bridgehead atoms. The van der Waals surface area contributed by atoms with Gasteiger partial charge in [0.15, 0.2) is 5.17 Å². The van der Waals surface area contributed by atoms with Crippen molar-refractivity contribution < 1.29 is 19.1 Å². The number of ether oxygens (including phenoxy) is 1. The van der Waals surface area contributed by atoms with Crippen LogP contribution in [0.2, 0.25) is 0 Å². The number of benzene rings is 2. The van der Waals surface area contributed by atoms with Crippen molar-refractivity contribution in [3.05, 3.63) is 82.0 Å². The maximum absolute atomic E-state index is 13.9. The quantitative estimate of drug-likeness (QED) is 0.484. The molecule has 1 saturated heterocycles. The molecule has 42 heavy (non-hydrogen) atoms. The number of hydrogen-bond acceptors (Lipinski definition) is 7. The summed E-state index contributed by atoms with van der Waals surface area (Å²) in [6.45, 7) is 9.81. The lowest BCUT2D eigenvalue weighted by molar-refractivity contribution is -0.138. The lowest BCUT2D eigenvalue weighted by Crippen LogP contribution is -2.50. The van der Waals surface area contributed by atoms with Crippen molar-refractivity contribution >= 4 is 40.3 Å². The van der Waals surface area contributed by atoms with E-state index in [1.165, 1.54) is 17.3 Å². The van der Waals surface area contributed by atoms with Gasteiger partial charge in [-0.05, 0) is 53.6 Å². The van der Waals surface area contributed by atoms with Crippen LogP contribution in [0.15, 0.2) is 75.9 Å². The van der Waals surface area contributed by atoms with Crippen molar-refractivity contribution in [2.75, 3.05) is 38.6 Å². The first-order valence-corrected chi connectivity index (χ1v) is 15.1. The molecule has 0 aromatic heterocycles. The number of anilines is 1. The summed E-state index contributed by atoms with van der Waals surface area (Å²) in [5.74, 6) is 0.850. The van der Waals surface area contributed by atoms with E-state index < -0.39 is 6.04 Å². The van der Waals surface area contributed by atoms with Crippen LogP contribution in [0.5, 0.6) is 5.75 Å². The molecule has 3 aliphatic heterocycles. The van der Waals surface area contributed by atoms with Gasteiger partial charge in [0.25, 0.3) is 5.91 Å². The van der Waals surface area contributed by atoms with Crippen LogP contribution in [0.1, 0.15) is 57.2 Å². The largest absolute Gasteiger partial charge is 0.497 e. The van der Waals surface area contributed by atoms with Gasteiger partial charge in [0, 0.05) is 44.5 Å². The Morgan fingerprint density at radius 2 is 1.64 bits per heavy atom. The van der Waals surface area contributed by atoms with Crippen molar-refractivity contribution in [2.45, 2.75) is 46.1 Å². The number of allylic oxidation sites excluding steroid dienone is 1. The maximum Gasteiger partial charge on any atom is 0.255 e. The fourth-order valence-electron chi connectivity index (χ4n) is 5.45. The van der Waals surface area contributed by atoms with Crippen molar-refractivity contribution in [1.29, 1.82) is 0 Å². The molecular formula is C32H37N5O4S. The van der Waals surface area contributed by atoms with E-state index in [1.54, 1.807) is 43.2 Å². The topological polar surface area (TPSA) is 94.5 Å². The Morgan fingerprint density at radius 3 is 2.24 bits per heavy atom. The second-order valence-electron chi connectivity index (χ2n) is 11.0. The average Bonchev–Trinajstić information content (AvgIpc) is 3.38. The summed E-state index contributed by atoms with van der Waals surface area (Å²) in [4.78, 5) is 49.5. The first-order chi connectivity index (χ1) is 20.2. The van der Waals surface area contributed by atoms with Crippen LogP contribution in [0.4, 0.5) is 5.69 Å². The highest BCUT2D eigenvalue weighted by molar-refractivity contribution is 8.16. The molecule has 10 heteroatoms. The Bertz CT molecular complexity index is 1450. The van der Waals surface area contributed by atoms with E-state index in [9.17, 15) is 14.4 Å². The molecule has 1 atom stereocenters. The molecule has 0 spiro atoms. The summed E-state index contributed by atoms with van der Waals surface area (Å²) >= 11 is 1.47. The number of aliphatic imine (C=N–C) groups is 1. The van der Waals surface area contributed by atoms with E-state index in [0.29, 0.717) is 54.8 Å². The smallest absolute Gasteiger partial charge is 0.255 e. The Hall–Kier alpha value is -4.05. The zero-order valence-electron chi connectivity index (χ0n) is 24.7. The Labute approximate surface area is 251 Å². The molecule has 0 saturated carbocycles. The summed E-state index contributed by atoms with van der Waals surface area (Å²) in [5, 5.41) is 5.76. The summed E-state index contributed by atoms with van der Waals surface area (Å²) in [6, 6.07) is 15.1. The van der Waals surface area contributed by atoms with Crippen LogP contribution in [-0.2, 0) is 14.4 Å². The molecule has 9 nitrogen and oxygen atoms in total. The first-order valence-electron chi connectivity index (χ1n) is 14.2. The van der Waals surface area contributed by atoms with Crippen molar-refractivity contribution in [1.82, 2.24) is 14.7 Å². The number of carbonyl (C=O) groups excluding carboxylic acids is 3. The first kappa shape index (κ1) is 29.4. The van der Waals surface area contributed by atoms with Crippen LogP contribution < -0.4 is 10.1 Å². The fourth-order valence-corrected chi connectivity index (χ4v) is 6.41. The lowest BCUT2D eigenvalue weighted by atomic mass is 9.91. The zero-order chi connectivity index (χ0) is 30.0. The molecule has 5 rings (SSSR count). The van der Waals surface area contributed by atoms with Crippen LogP contribution in [-0.4, -0.2) is 70.9 Å². The normalized spacial score (nSPS) is 18.5. The Balaban J connectivity index is 1.44. The number of hydrogen-bond donors (Lipinski definition) is 1. The molecule has 0 radical (unpaired) electrons. The molecular weight excluding hydrogens is 550 g/mol. The van der Waals surface area contributed by atoms with Gasteiger partial charge in [-0.3, -0.25) is 14.4 Å². The maximum atomic E-state index is 13.9. The third kappa shape index (κ3) is 6.09. The van der Waals surface area contributed by atoms with E-state index in [0.717, 1.165) is 16.4 Å². The Kier molecular flexibility index (Phi) is 8.72. The molecule has 3 heterocycles. The highest BCUT2D eigenvalue weighted by Crippen LogP contribution is 2.45. The molecule has 1 unspecified atom stereocenters. The number of nitrogens with one attached hydrogen (secondary N) is 1. The minimum atomic E-state index is -0.458. The summed E-state index contributed by atoms with van der Waals surface area (Å²) in [7, 11) is 1.60. The zero-order valence-corrected chi connectivity index (χ0v) is 25.5.